The van der Waals surface area contributed by atoms with Crippen molar-refractivity contribution in [3.8, 4) is 0 Å². The molecule has 2 heterocycles. The maximum atomic E-state index is 13.7. The monoisotopic (exact) mass is 472 g/mol. The number of nitrogens with one attached hydrogen (secondary N) is 1. The summed E-state index contributed by atoms with van der Waals surface area (Å²) in [7, 11) is -2.13. The van der Waals surface area contributed by atoms with Crippen molar-refractivity contribution < 1.29 is 33.1 Å². The van der Waals surface area contributed by atoms with E-state index in [2.05, 4.69) is 5.32 Å². The Morgan fingerprint density at radius 1 is 1.09 bits per heavy atom. The standard InChI is InChI=1S/C23H25N2O7P/c1-31-33(30,32-2)23(22(28)29)17(16-11-7-4-8-12-16)14-18-20(21(27)25(18)23)24-19(26)13-15-9-5-3-6-10-15/h3-12,17-18,20H,13-14H2,1-2H3,(H,24,26)(H,28,29)/t17?,18-,20-,23?/m1/s1. The normalized spacial score (nSPS) is 26.4. The maximum absolute atomic E-state index is 13.7. The maximum Gasteiger partial charge on any atom is 0.367 e. The molecule has 2 amide bonds. The van der Waals surface area contributed by atoms with Crippen LogP contribution in [-0.2, 0) is 34.4 Å². The van der Waals surface area contributed by atoms with Crippen molar-refractivity contribution in [2.45, 2.75) is 36.1 Å². The molecule has 0 bridgehead atoms. The first kappa shape index (κ1) is 23.2. The number of hydrogen-bond donors (Lipinski definition) is 2. The second-order valence-electron chi connectivity index (χ2n) is 8.08. The summed E-state index contributed by atoms with van der Waals surface area (Å²) in [4.78, 5) is 39.7. The van der Waals surface area contributed by atoms with Crippen molar-refractivity contribution in [2.24, 2.45) is 0 Å². The van der Waals surface area contributed by atoms with Gasteiger partial charge in [-0.2, -0.15) is 0 Å². The summed E-state index contributed by atoms with van der Waals surface area (Å²) in [5, 5.41) is 10.9. The van der Waals surface area contributed by atoms with Crippen LogP contribution in [0.3, 0.4) is 0 Å². The van der Waals surface area contributed by atoms with Gasteiger partial charge in [0.05, 0.1) is 12.5 Å². The van der Waals surface area contributed by atoms with Gasteiger partial charge in [0.1, 0.15) is 6.04 Å². The lowest BCUT2D eigenvalue weighted by atomic mass is 9.89. The second-order valence-corrected chi connectivity index (χ2v) is 10.5. The number of benzene rings is 2. The van der Waals surface area contributed by atoms with Crippen LogP contribution in [0, 0.1) is 0 Å². The molecule has 2 saturated heterocycles. The van der Waals surface area contributed by atoms with Crippen LogP contribution in [0.4, 0.5) is 0 Å². The smallest absolute Gasteiger partial charge is 0.367 e. The predicted octanol–water partition coefficient (Wildman–Crippen LogP) is 2.38. The molecule has 174 valence electrons. The van der Waals surface area contributed by atoms with E-state index in [0.717, 1.165) is 24.7 Å². The molecule has 2 N–H and O–H groups in total. The van der Waals surface area contributed by atoms with Crippen molar-refractivity contribution in [1.29, 1.82) is 0 Å². The van der Waals surface area contributed by atoms with Gasteiger partial charge in [-0.15, -0.1) is 0 Å². The van der Waals surface area contributed by atoms with Gasteiger partial charge in [0.2, 0.25) is 17.1 Å². The molecule has 2 aliphatic heterocycles. The van der Waals surface area contributed by atoms with Crippen molar-refractivity contribution >= 4 is 25.4 Å². The molecule has 2 unspecified atom stereocenters. The van der Waals surface area contributed by atoms with Gasteiger partial charge in [-0.05, 0) is 17.5 Å². The van der Waals surface area contributed by atoms with Crippen LogP contribution in [-0.4, -0.2) is 59.4 Å². The highest BCUT2D eigenvalue weighted by atomic mass is 31.2. The van der Waals surface area contributed by atoms with Crippen molar-refractivity contribution in [1.82, 2.24) is 10.2 Å². The summed E-state index contributed by atoms with van der Waals surface area (Å²) in [6, 6.07) is 16.2. The van der Waals surface area contributed by atoms with E-state index < -0.39 is 42.8 Å². The van der Waals surface area contributed by atoms with Crippen molar-refractivity contribution in [3.05, 3.63) is 71.8 Å². The number of rotatable bonds is 8. The number of β-lactam (4-membered cyclic amide) rings is 1. The van der Waals surface area contributed by atoms with Crippen LogP contribution in [0.25, 0.3) is 0 Å². The van der Waals surface area contributed by atoms with Gasteiger partial charge >= 0.3 is 13.6 Å². The third kappa shape index (κ3) is 3.47. The molecule has 0 aromatic heterocycles. The lowest BCUT2D eigenvalue weighted by Gasteiger charge is -2.50. The van der Waals surface area contributed by atoms with Crippen LogP contribution in [0.15, 0.2) is 60.7 Å². The highest BCUT2D eigenvalue weighted by Crippen LogP contribution is 2.71. The van der Waals surface area contributed by atoms with E-state index in [9.17, 15) is 24.1 Å². The van der Waals surface area contributed by atoms with Crippen LogP contribution >= 0.6 is 7.60 Å². The van der Waals surface area contributed by atoms with E-state index in [1.165, 1.54) is 0 Å². The Bertz CT molecular complexity index is 1100. The summed E-state index contributed by atoms with van der Waals surface area (Å²) >= 11 is 0. The second kappa shape index (κ2) is 8.74. The molecule has 0 saturated carbocycles. The number of carbonyl (C=O) groups is 3. The largest absolute Gasteiger partial charge is 0.479 e. The summed E-state index contributed by atoms with van der Waals surface area (Å²) in [6.45, 7) is 0. The number of aliphatic carboxylic acids is 1. The van der Waals surface area contributed by atoms with Gasteiger partial charge in [0.25, 0.3) is 0 Å². The molecule has 0 spiro atoms. The molecule has 2 fully saturated rings. The molecule has 0 radical (unpaired) electrons. The molecular weight excluding hydrogens is 447 g/mol. The molecular formula is C23H25N2O7P. The zero-order valence-corrected chi connectivity index (χ0v) is 19.1. The quantitative estimate of drug-likeness (QED) is 0.447. The Labute approximate surface area is 191 Å². The third-order valence-electron chi connectivity index (χ3n) is 6.49. The van der Waals surface area contributed by atoms with E-state index >= 15 is 0 Å². The molecule has 4 rings (SSSR count). The first-order chi connectivity index (χ1) is 15.8. The Morgan fingerprint density at radius 3 is 2.21 bits per heavy atom. The van der Waals surface area contributed by atoms with Crippen molar-refractivity contribution in [3.63, 3.8) is 0 Å². The van der Waals surface area contributed by atoms with E-state index in [0.29, 0.717) is 5.56 Å². The first-order valence-corrected chi connectivity index (χ1v) is 12.0. The molecule has 33 heavy (non-hydrogen) atoms. The van der Waals surface area contributed by atoms with Crippen LogP contribution in [0.1, 0.15) is 23.5 Å². The number of nitrogens with zero attached hydrogens (tertiary/aromatic N) is 1. The average molecular weight is 472 g/mol. The van der Waals surface area contributed by atoms with Gasteiger partial charge in [0.15, 0.2) is 0 Å². The van der Waals surface area contributed by atoms with Gasteiger partial charge in [-0.1, -0.05) is 60.7 Å². The number of hydrogen-bond acceptors (Lipinski definition) is 6. The number of carbonyl (C=O) groups excluding carboxylic acids is 2. The minimum absolute atomic E-state index is 0.0815. The summed E-state index contributed by atoms with van der Waals surface area (Å²) in [5.74, 6) is -3.33. The van der Waals surface area contributed by atoms with Crippen LogP contribution in [0.5, 0.6) is 0 Å². The zero-order valence-electron chi connectivity index (χ0n) is 18.2. The topological polar surface area (TPSA) is 122 Å². The Kier molecular flexibility index (Phi) is 6.14. The Morgan fingerprint density at radius 2 is 1.67 bits per heavy atom. The summed E-state index contributed by atoms with van der Waals surface area (Å²) in [5.41, 5.74) is 1.38. The van der Waals surface area contributed by atoms with Gasteiger partial charge in [0, 0.05) is 20.1 Å². The van der Waals surface area contributed by atoms with E-state index in [1.807, 2.05) is 18.2 Å². The van der Waals surface area contributed by atoms with Gasteiger partial charge in [-0.25, -0.2) is 4.79 Å². The molecule has 2 aliphatic rings. The van der Waals surface area contributed by atoms with Gasteiger partial charge < -0.3 is 24.4 Å². The molecule has 9 nitrogen and oxygen atoms in total. The number of amides is 2. The first-order valence-electron chi connectivity index (χ1n) is 10.5. The fourth-order valence-corrected chi connectivity index (χ4v) is 7.13. The lowest BCUT2D eigenvalue weighted by Crippen LogP contribution is -2.74. The highest BCUT2D eigenvalue weighted by Gasteiger charge is 2.77. The molecule has 0 aliphatic carbocycles. The van der Waals surface area contributed by atoms with E-state index in [1.54, 1.807) is 42.5 Å². The molecule has 10 heteroatoms. The SMILES string of the molecule is COP(=O)(OC)C1(C(=O)O)C(c2ccccc2)C[C@@H]2[C@@H](NC(=O)Cc3ccccc3)C(=O)N21. The predicted molar refractivity (Wildman–Crippen MR) is 119 cm³/mol. The minimum atomic E-state index is -4.34. The highest BCUT2D eigenvalue weighted by molar-refractivity contribution is 7.56. The van der Waals surface area contributed by atoms with Crippen LogP contribution < -0.4 is 5.32 Å². The molecule has 2 aromatic carbocycles. The average Bonchev–Trinajstić information content (AvgIpc) is 3.17. The van der Waals surface area contributed by atoms with Crippen LogP contribution in [0.2, 0.25) is 0 Å². The van der Waals surface area contributed by atoms with E-state index in [-0.39, 0.29) is 18.7 Å². The molecule has 4 atom stereocenters. The third-order valence-corrected chi connectivity index (χ3v) is 9.00. The number of carboxylic acid groups (broad SMARTS) is 1. The fourth-order valence-electron chi connectivity index (χ4n) is 5.04. The lowest BCUT2D eigenvalue weighted by molar-refractivity contribution is -0.165. The minimum Gasteiger partial charge on any atom is -0.479 e. The summed E-state index contributed by atoms with van der Waals surface area (Å²) in [6.07, 6.45) is 0.257. The summed E-state index contributed by atoms with van der Waals surface area (Å²) < 4.78 is 24.0. The van der Waals surface area contributed by atoms with E-state index in [4.69, 9.17) is 9.05 Å². The number of fused-ring (bicyclic) bond motifs is 1. The zero-order chi connectivity index (χ0) is 23.8. The Balaban J connectivity index is 1.69. The fraction of sp³-hybridized carbons (Fsp3) is 0.348. The Hall–Kier alpha value is -3.00. The molecule has 2 aromatic rings. The van der Waals surface area contributed by atoms with Gasteiger partial charge in [-0.3, -0.25) is 14.2 Å². The van der Waals surface area contributed by atoms with Crippen molar-refractivity contribution in [2.75, 3.05) is 14.2 Å². The number of carboxylic acids is 1.